The number of carbonyl (C=O) groups excluding carboxylic acids is 1. The third-order valence-corrected chi connectivity index (χ3v) is 1.66. The van der Waals surface area contributed by atoms with E-state index in [4.69, 9.17) is 0 Å². The van der Waals surface area contributed by atoms with Crippen LogP contribution in [0, 0.1) is 6.92 Å². The van der Waals surface area contributed by atoms with Crippen molar-refractivity contribution >= 4 is 5.78 Å². The van der Waals surface area contributed by atoms with Crippen molar-refractivity contribution in [2.45, 2.75) is 20.8 Å². The van der Waals surface area contributed by atoms with Crippen LogP contribution in [0.5, 0.6) is 0 Å². The van der Waals surface area contributed by atoms with E-state index in [1.54, 1.807) is 12.3 Å². The Bertz CT molecular complexity index is 349. The average molecular weight is 175 g/mol. The van der Waals surface area contributed by atoms with E-state index in [2.05, 4.69) is 4.98 Å². The molecule has 2 nitrogen and oxygen atoms in total. The number of nitrogens with zero attached hydrogens (tertiary/aromatic N) is 1. The topological polar surface area (TPSA) is 30.0 Å². The molecule has 0 unspecified atom stereocenters. The van der Waals surface area contributed by atoms with Gasteiger partial charge in [-0.05, 0) is 38.5 Å². The molecule has 0 aliphatic heterocycles. The van der Waals surface area contributed by atoms with Gasteiger partial charge in [-0.1, -0.05) is 11.6 Å². The van der Waals surface area contributed by atoms with Crippen molar-refractivity contribution in [1.82, 2.24) is 4.98 Å². The second kappa shape index (κ2) is 3.99. The summed E-state index contributed by atoms with van der Waals surface area (Å²) in [6, 6.07) is 3.72. The second-order valence-electron chi connectivity index (χ2n) is 3.25. The fraction of sp³-hybridized carbons (Fsp3) is 0.273. The summed E-state index contributed by atoms with van der Waals surface area (Å²) in [5.41, 5.74) is 2.46. The Morgan fingerprint density at radius 1 is 1.46 bits per heavy atom. The van der Waals surface area contributed by atoms with Gasteiger partial charge in [0.15, 0.2) is 0 Å². The van der Waals surface area contributed by atoms with Crippen LogP contribution in [0.3, 0.4) is 0 Å². The number of aromatic nitrogens is 1. The van der Waals surface area contributed by atoms with Gasteiger partial charge in [-0.25, -0.2) is 0 Å². The van der Waals surface area contributed by atoms with Crippen molar-refractivity contribution in [2.24, 2.45) is 0 Å². The molecule has 0 aromatic carbocycles. The number of rotatable bonds is 2. The van der Waals surface area contributed by atoms with Gasteiger partial charge in [-0.3, -0.25) is 9.78 Å². The molecule has 0 spiro atoms. The van der Waals surface area contributed by atoms with Crippen LogP contribution < -0.4 is 0 Å². The lowest BCUT2D eigenvalue weighted by Crippen LogP contribution is -2.01. The summed E-state index contributed by atoms with van der Waals surface area (Å²) in [6.45, 7) is 5.69. The molecule has 0 radical (unpaired) electrons. The van der Waals surface area contributed by atoms with Crippen LogP contribution in [-0.2, 0) is 0 Å². The lowest BCUT2D eigenvalue weighted by atomic mass is 10.1. The predicted octanol–water partition coefficient (Wildman–Crippen LogP) is 2.54. The lowest BCUT2D eigenvalue weighted by Gasteiger charge is -1.99. The molecular weight excluding hydrogens is 162 g/mol. The molecule has 13 heavy (non-hydrogen) atoms. The Labute approximate surface area is 78.3 Å². The minimum Gasteiger partial charge on any atom is -0.288 e. The van der Waals surface area contributed by atoms with Crippen molar-refractivity contribution < 1.29 is 4.79 Å². The van der Waals surface area contributed by atoms with Gasteiger partial charge in [0, 0.05) is 6.20 Å². The molecular formula is C11H13NO. The second-order valence-corrected chi connectivity index (χ2v) is 3.25. The van der Waals surface area contributed by atoms with E-state index in [1.165, 1.54) is 0 Å². The van der Waals surface area contributed by atoms with E-state index in [1.807, 2.05) is 32.9 Å². The van der Waals surface area contributed by atoms with Crippen LogP contribution in [-0.4, -0.2) is 10.8 Å². The van der Waals surface area contributed by atoms with Crippen LogP contribution in [0.1, 0.15) is 29.9 Å². The van der Waals surface area contributed by atoms with Gasteiger partial charge < -0.3 is 0 Å². The Kier molecular flexibility index (Phi) is 2.96. The maximum atomic E-state index is 11.5. The number of hydrogen-bond donors (Lipinski definition) is 0. The van der Waals surface area contributed by atoms with Crippen LogP contribution in [0.2, 0.25) is 0 Å². The first-order valence-corrected chi connectivity index (χ1v) is 4.22. The summed E-state index contributed by atoms with van der Waals surface area (Å²) in [4.78, 5) is 15.6. The molecule has 0 N–H and O–H groups in total. The van der Waals surface area contributed by atoms with E-state index in [-0.39, 0.29) is 5.78 Å². The van der Waals surface area contributed by atoms with Crippen molar-refractivity contribution in [2.75, 3.05) is 0 Å². The van der Waals surface area contributed by atoms with Crippen LogP contribution in [0.25, 0.3) is 0 Å². The largest absolute Gasteiger partial charge is 0.288 e. The highest BCUT2D eigenvalue weighted by Crippen LogP contribution is 2.05. The Morgan fingerprint density at radius 3 is 2.69 bits per heavy atom. The highest BCUT2D eigenvalue weighted by molar-refractivity contribution is 6.04. The third-order valence-electron chi connectivity index (χ3n) is 1.66. The van der Waals surface area contributed by atoms with E-state index in [9.17, 15) is 4.79 Å². The van der Waals surface area contributed by atoms with E-state index < -0.39 is 0 Å². The average Bonchev–Trinajstić information content (AvgIpc) is 2.03. The molecule has 0 saturated carbocycles. The van der Waals surface area contributed by atoms with E-state index in [0.29, 0.717) is 5.69 Å². The first-order valence-electron chi connectivity index (χ1n) is 4.22. The Balaban J connectivity index is 3.03. The first-order chi connectivity index (χ1) is 6.11. The van der Waals surface area contributed by atoms with Crippen molar-refractivity contribution in [3.8, 4) is 0 Å². The molecule has 0 atom stereocenters. The molecule has 0 aliphatic rings. The molecule has 0 bridgehead atoms. The van der Waals surface area contributed by atoms with Gasteiger partial charge in [0.2, 0.25) is 5.78 Å². The number of hydrogen-bond acceptors (Lipinski definition) is 2. The zero-order chi connectivity index (χ0) is 9.84. The minimum atomic E-state index is -0.0156. The molecule has 1 aromatic rings. The summed E-state index contributed by atoms with van der Waals surface area (Å²) in [7, 11) is 0. The first kappa shape index (κ1) is 9.65. The Hall–Kier alpha value is -1.44. The number of aryl methyl sites for hydroxylation is 1. The maximum Gasteiger partial charge on any atom is 0.204 e. The quantitative estimate of drug-likeness (QED) is 0.510. The summed E-state index contributed by atoms with van der Waals surface area (Å²) in [5.74, 6) is -0.0156. The van der Waals surface area contributed by atoms with Crippen molar-refractivity contribution in [3.63, 3.8) is 0 Å². The number of carbonyl (C=O) groups is 1. The maximum absolute atomic E-state index is 11.5. The van der Waals surface area contributed by atoms with Gasteiger partial charge in [0.1, 0.15) is 5.69 Å². The molecule has 0 saturated heterocycles. The molecule has 1 heterocycles. The lowest BCUT2D eigenvalue weighted by molar-refractivity contribution is 0.104. The number of ketones is 1. The van der Waals surface area contributed by atoms with Crippen molar-refractivity contribution in [3.05, 3.63) is 41.2 Å². The van der Waals surface area contributed by atoms with Crippen LogP contribution in [0.4, 0.5) is 0 Å². The standard InChI is InChI=1S/C11H13NO/c1-8(2)7-10(13)11-9(3)5-4-6-12-11/h4-7H,1-3H3. The molecule has 0 aliphatic carbocycles. The third kappa shape index (κ3) is 2.51. The summed E-state index contributed by atoms with van der Waals surface area (Å²) in [5, 5.41) is 0. The summed E-state index contributed by atoms with van der Waals surface area (Å²) in [6.07, 6.45) is 3.24. The molecule has 68 valence electrons. The Morgan fingerprint density at radius 2 is 2.15 bits per heavy atom. The SMILES string of the molecule is CC(C)=CC(=O)c1ncccc1C. The van der Waals surface area contributed by atoms with Gasteiger partial charge in [-0.2, -0.15) is 0 Å². The van der Waals surface area contributed by atoms with Crippen molar-refractivity contribution in [1.29, 1.82) is 0 Å². The molecule has 1 rings (SSSR count). The highest BCUT2D eigenvalue weighted by Gasteiger charge is 2.05. The van der Waals surface area contributed by atoms with Gasteiger partial charge in [-0.15, -0.1) is 0 Å². The summed E-state index contributed by atoms with van der Waals surface area (Å²) < 4.78 is 0. The normalized spacial score (nSPS) is 9.46. The van der Waals surface area contributed by atoms with Gasteiger partial charge >= 0.3 is 0 Å². The monoisotopic (exact) mass is 175 g/mol. The fourth-order valence-electron chi connectivity index (χ4n) is 1.07. The van der Waals surface area contributed by atoms with Gasteiger partial charge in [0.25, 0.3) is 0 Å². The van der Waals surface area contributed by atoms with Gasteiger partial charge in [0.05, 0.1) is 0 Å². The zero-order valence-corrected chi connectivity index (χ0v) is 8.16. The molecule has 2 heteroatoms. The smallest absolute Gasteiger partial charge is 0.204 e. The predicted molar refractivity (Wildman–Crippen MR) is 52.7 cm³/mol. The van der Waals surface area contributed by atoms with E-state index in [0.717, 1.165) is 11.1 Å². The van der Waals surface area contributed by atoms with E-state index >= 15 is 0 Å². The minimum absolute atomic E-state index is 0.0156. The van der Waals surface area contributed by atoms with Crippen LogP contribution >= 0.6 is 0 Å². The number of allylic oxidation sites excluding steroid dienone is 2. The highest BCUT2D eigenvalue weighted by atomic mass is 16.1. The van der Waals surface area contributed by atoms with Crippen LogP contribution in [0.15, 0.2) is 30.0 Å². The molecule has 0 fully saturated rings. The fourth-order valence-corrected chi connectivity index (χ4v) is 1.07. The summed E-state index contributed by atoms with van der Waals surface area (Å²) >= 11 is 0. The number of pyridine rings is 1. The molecule has 1 aromatic heterocycles. The molecule has 0 amide bonds. The zero-order valence-electron chi connectivity index (χ0n) is 8.16.